The van der Waals surface area contributed by atoms with E-state index in [-0.39, 0.29) is 12.1 Å². The Morgan fingerprint density at radius 3 is 2.67 bits per heavy atom. The number of nitrogens with zero attached hydrogens (tertiary/aromatic N) is 1. The molecule has 96 valence electrons. The van der Waals surface area contributed by atoms with Crippen molar-refractivity contribution in [1.82, 2.24) is 10.2 Å². The summed E-state index contributed by atoms with van der Waals surface area (Å²) in [5.74, 6) is 1.77. The molecule has 4 nitrogen and oxygen atoms in total. The number of methoxy groups -OCH3 is 1. The Balaban J connectivity index is 1.77. The predicted octanol–water partition coefficient (Wildman–Crippen LogP) is 1.54. The molecule has 1 aliphatic heterocycles. The number of carbonyl (C=O) groups is 1. The largest absolute Gasteiger partial charge is 0.497 e. The van der Waals surface area contributed by atoms with E-state index in [9.17, 15) is 4.79 Å². The highest BCUT2D eigenvalue weighted by molar-refractivity contribution is 5.81. The third-order valence-electron chi connectivity index (χ3n) is 3.66. The number of rotatable bonds is 4. The van der Waals surface area contributed by atoms with Crippen LogP contribution in [0.15, 0.2) is 24.3 Å². The van der Waals surface area contributed by atoms with E-state index in [1.807, 2.05) is 29.2 Å². The molecule has 0 bridgehead atoms. The Labute approximate surface area is 107 Å². The van der Waals surface area contributed by atoms with Crippen LogP contribution < -0.4 is 10.1 Å². The van der Waals surface area contributed by atoms with Gasteiger partial charge in [0.15, 0.2) is 0 Å². The van der Waals surface area contributed by atoms with Crippen molar-refractivity contribution in [2.45, 2.75) is 19.0 Å². The first-order valence-corrected chi connectivity index (χ1v) is 6.45. The molecule has 4 heteroatoms. The molecular formula is C14H18N2O2. The number of carbonyl (C=O) groups excluding carboxylic acids is 1. The lowest BCUT2D eigenvalue weighted by molar-refractivity contribution is -0.128. The molecule has 1 amide bonds. The quantitative estimate of drug-likeness (QED) is 0.876. The summed E-state index contributed by atoms with van der Waals surface area (Å²) in [6.45, 7) is 1.34. The summed E-state index contributed by atoms with van der Waals surface area (Å²) in [7, 11) is 1.66. The van der Waals surface area contributed by atoms with Crippen molar-refractivity contribution >= 4 is 5.91 Å². The molecule has 1 atom stereocenters. The van der Waals surface area contributed by atoms with E-state index in [1.54, 1.807) is 7.11 Å². The highest BCUT2D eigenvalue weighted by Gasteiger charge is 2.35. The van der Waals surface area contributed by atoms with E-state index in [0.717, 1.165) is 23.8 Å². The molecule has 1 aliphatic carbocycles. The van der Waals surface area contributed by atoms with E-state index in [2.05, 4.69) is 5.32 Å². The number of hydrogen-bond donors (Lipinski definition) is 1. The Kier molecular flexibility index (Phi) is 2.96. The Hall–Kier alpha value is -1.55. The van der Waals surface area contributed by atoms with Crippen molar-refractivity contribution < 1.29 is 9.53 Å². The molecule has 0 spiro atoms. The molecule has 0 radical (unpaired) electrons. The lowest BCUT2D eigenvalue weighted by Gasteiger charge is -2.24. The molecule has 3 rings (SSSR count). The van der Waals surface area contributed by atoms with Gasteiger partial charge in [0.25, 0.3) is 0 Å². The second-order valence-electron chi connectivity index (χ2n) is 5.05. The maximum atomic E-state index is 11.9. The third kappa shape index (κ3) is 2.20. The van der Waals surface area contributed by atoms with Gasteiger partial charge < -0.3 is 9.64 Å². The molecule has 1 saturated heterocycles. The van der Waals surface area contributed by atoms with Gasteiger partial charge in [0.1, 0.15) is 11.9 Å². The molecular weight excluding hydrogens is 228 g/mol. The molecule has 2 aliphatic rings. The summed E-state index contributed by atoms with van der Waals surface area (Å²) in [5.41, 5.74) is 1.13. The van der Waals surface area contributed by atoms with Crippen molar-refractivity contribution in [1.29, 1.82) is 0 Å². The summed E-state index contributed by atoms with van der Waals surface area (Å²) in [4.78, 5) is 13.9. The molecule has 2 fully saturated rings. The average molecular weight is 246 g/mol. The normalized spacial score (nSPS) is 23.5. The van der Waals surface area contributed by atoms with Gasteiger partial charge in [-0.05, 0) is 36.5 Å². The van der Waals surface area contributed by atoms with Crippen molar-refractivity contribution in [3.05, 3.63) is 29.8 Å². The van der Waals surface area contributed by atoms with E-state index < -0.39 is 0 Å². The first kappa shape index (κ1) is 11.5. The number of amides is 1. The Morgan fingerprint density at radius 2 is 2.06 bits per heavy atom. The first-order valence-electron chi connectivity index (χ1n) is 6.45. The van der Waals surface area contributed by atoms with Gasteiger partial charge in [0.2, 0.25) is 5.91 Å². The zero-order valence-electron chi connectivity index (χ0n) is 10.6. The maximum absolute atomic E-state index is 11.9. The van der Waals surface area contributed by atoms with Crippen LogP contribution >= 0.6 is 0 Å². The molecule has 18 heavy (non-hydrogen) atoms. The molecule has 1 unspecified atom stereocenters. The van der Waals surface area contributed by atoms with Crippen molar-refractivity contribution in [2.75, 3.05) is 20.2 Å². The fraction of sp³-hybridized carbons (Fsp3) is 0.500. The van der Waals surface area contributed by atoms with Gasteiger partial charge in [-0.3, -0.25) is 10.1 Å². The summed E-state index contributed by atoms with van der Waals surface area (Å²) < 4.78 is 5.15. The van der Waals surface area contributed by atoms with Crippen molar-refractivity contribution in [3.63, 3.8) is 0 Å². The van der Waals surface area contributed by atoms with Crippen LogP contribution in [0.4, 0.5) is 0 Å². The van der Waals surface area contributed by atoms with Crippen LogP contribution in [0.5, 0.6) is 5.75 Å². The van der Waals surface area contributed by atoms with Crippen LogP contribution in [-0.4, -0.2) is 31.0 Å². The van der Waals surface area contributed by atoms with Gasteiger partial charge in [0.05, 0.1) is 13.7 Å². The fourth-order valence-electron chi connectivity index (χ4n) is 2.41. The standard InChI is InChI=1S/C14H18N2O2/c1-18-12-6-4-11(5-7-12)14-15-8-13(17)16(14)9-10-2-3-10/h4-7,10,14-15H,2-3,8-9H2,1H3. The average Bonchev–Trinajstić information content (AvgIpc) is 3.15. The van der Waals surface area contributed by atoms with Crippen LogP contribution in [0.1, 0.15) is 24.6 Å². The maximum Gasteiger partial charge on any atom is 0.238 e. The summed E-state index contributed by atoms with van der Waals surface area (Å²) in [5, 5.41) is 3.28. The lowest BCUT2D eigenvalue weighted by atomic mass is 10.1. The second-order valence-corrected chi connectivity index (χ2v) is 5.05. The van der Waals surface area contributed by atoms with Crippen LogP contribution in [0.3, 0.4) is 0 Å². The molecule has 1 saturated carbocycles. The first-order chi connectivity index (χ1) is 8.78. The van der Waals surface area contributed by atoms with Crippen LogP contribution in [-0.2, 0) is 4.79 Å². The lowest BCUT2D eigenvalue weighted by Crippen LogP contribution is -2.32. The summed E-state index contributed by atoms with van der Waals surface area (Å²) >= 11 is 0. The number of ether oxygens (including phenoxy) is 1. The van der Waals surface area contributed by atoms with Gasteiger partial charge in [0, 0.05) is 6.54 Å². The summed E-state index contributed by atoms with van der Waals surface area (Å²) in [6, 6.07) is 7.92. The minimum absolute atomic E-state index is 0.0315. The fourth-order valence-corrected chi connectivity index (χ4v) is 2.41. The van der Waals surface area contributed by atoms with E-state index in [4.69, 9.17) is 4.74 Å². The molecule has 1 N–H and O–H groups in total. The van der Waals surface area contributed by atoms with Gasteiger partial charge in [-0.15, -0.1) is 0 Å². The Bertz CT molecular complexity index is 440. The predicted molar refractivity (Wildman–Crippen MR) is 68.2 cm³/mol. The van der Waals surface area contributed by atoms with Gasteiger partial charge in [-0.2, -0.15) is 0 Å². The third-order valence-corrected chi connectivity index (χ3v) is 3.66. The van der Waals surface area contributed by atoms with Crippen LogP contribution in [0, 0.1) is 5.92 Å². The van der Waals surface area contributed by atoms with Gasteiger partial charge in [-0.25, -0.2) is 0 Å². The van der Waals surface area contributed by atoms with Crippen molar-refractivity contribution in [3.8, 4) is 5.75 Å². The number of benzene rings is 1. The highest BCUT2D eigenvalue weighted by Crippen LogP contribution is 2.33. The van der Waals surface area contributed by atoms with E-state index in [1.165, 1.54) is 12.8 Å². The highest BCUT2D eigenvalue weighted by atomic mass is 16.5. The van der Waals surface area contributed by atoms with Crippen LogP contribution in [0.2, 0.25) is 0 Å². The Morgan fingerprint density at radius 1 is 1.33 bits per heavy atom. The second kappa shape index (κ2) is 4.61. The number of nitrogens with one attached hydrogen (secondary N) is 1. The smallest absolute Gasteiger partial charge is 0.238 e. The zero-order valence-corrected chi connectivity index (χ0v) is 10.6. The van der Waals surface area contributed by atoms with E-state index in [0.29, 0.717) is 6.54 Å². The van der Waals surface area contributed by atoms with Crippen LogP contribution in [0.25, 0.3) is 0 Å². The SMILES string of the molecule is COc1ccc(C2NCC(=O)N2CC2CC2)cc1. The van der Waals surface area contributed by atoms with Gasteiger partial charge >= 0.3 is 0 Å². The minimum Gasteiger partial charge on any atom is -0.497 e. The van der Waals surface area contributed by atoms with E-state index >= 15 is 0 Å². The topological polar surface area (TPSA) is 41.6 Å². The zero-order chi connectivity index (χ0) is 12.5. The number of hydrogen-bond acceptors (Lipinski definition) is 3. The molecule has 1 aromatic carbocycles. The molecule has 1 heterocycles. The van der Waals surface area contributed by atoms with Gasteiger partial charge in [-0.1, -0.05) is 12.1 Å². The van der Waals surface area contributed by atoms with Crippen molar-refractivity contribution in [2.24, 2.45) is 5.92 Å². The summed E-state index contributed by atoms with van der Waals surface area (Å²) in [6.07, 6.45) is 2.56. The molecule has 1 aromatic rings. The minimum atomic E-state index is 0.0315. The molecule has 0 aromatic heterocycles. The monoisotopic (exact) mass is 246 g/mol.